The average Bonchev–Trinajstić information content (AvgIpc) is 3.23. The highest BCUT2D eigenvalue weighted by molar-refractivity contribution is 6.74. The van der Waals surface area contributed by atoms with Crippen LogP contribution >= 0.6 is 0 Å². The van der Waals surface area contributed by atoms with Crippen LogP contribution in [0.3, 0.4) is 0 Å². The number of hydrogen-bond donors (Lipinski definition) is 2. The van der Waals surface area contributed by atoms with Crippen LogP contribution in [0.15, 0.2) is 48.5 Å². The molecule has 0 bridgehead atoms. The van der Waals surface area contributed by atoms with E-state index >= 15 is 0 Å². The molecule has 1 atom stereocenters. The predicted molar refractivity (Wildman–Crippen MR) is 179 cm³/mol. The van der Waals surface area contributed by atoms with Gasteiger partial charge in [-0.25, -0.2) is 4.79 Å². The largest absolute Gasteiger partial charge is 0.544 e. The van der Waals surface area contributed by atoms with Gasteiger partial charge in [0.2, 0.25) is 8.32 Å². The molecule has 1 aliphatic rings. The second kappa shape index (κ2) is 12.6. The quantitative estimate of drug-likeness (QED) is 0.184. The van der Waals surface area contributed by atoms with Crippen molar-refractivity contribution in [2.24, 2.45) is 12.5 Å². The molecule has 1 aliphatic heterocycles. The first-order valence-corrected chi connectivity index (χ1v) is 18.3. The Bertz CT molecular complexity index is 1520. The van der Waals surface area contributed by atoms with E-state index in [1.165, 1.54) is 0 Å². The number of fused-ring (bicyclic) bond motifs is 1. The van der Waals surface area contributed by atoms with Crippen LogP contribution in [0.5, 0.6) is 11.5 Å². The third-order valence-corrected chi connectivity index (χ3v) is 13.4. The number of nitrogens with one attached hydrogen (secondary N) is 1. The lowest BCUT2D eigenvalue weighted by Gasteiger charge is -2.43. The summed E-state index contributed by atoms with van der Waals surface area (Å²) >= 11 is 0. The van der Waals surface area contributed by atoms with E-state index in [-0.39, 0.29) is 16.5 Å². The van der Waals surface area contributed by atoms with Crippen LogP contribution in [0.2, 0.25) is 18.1 Å². The first kappa shape index (κ1) is 33.0. The predicted octanol–water partition coefficient (Wildman–Crippen LogP) is 8.66. The number of amides is 1. The maximum atomic E-state index is 12.0. The van der Waals surface area contributed by atoms with Crippen LogP contribution < -0.4 is 14.5 Å². The number of nitriles is 1. The summed E-state index contributed by atoms with van der Waals surface area (Å²) in [7, 11) is -0.00271. The van der Waals surface area contributed by atoms with Crippen molar-refractivity contribution in [2.45, 2.75) is 85.0 Å². The Labute approximate surface area is 263 Å². The van der Waals surface area contributed by atoms with Crippen LogP contribution in [0.1, 0.15) is 76.5 Å². The van der Waals surface area contributed by atoms with Gasteiger partial charge in [0.1, 0.15) is 23.3 Å². The molecule has 0 radical (unpaired) electrons. The van der Waals surface area contributed by atoms with Crippen molar-refractivity contribution in [3.05, 3.63) is 71.0 Å². The molecule has 1 aromatic heterocycles. The normalized spacial score (nSPS) is 15.4. The smallest absolute Gasteiger partial charge is 0.407 e. The van der Waals surface area contributed by atoms with Gasteiger partial charge in [-0.15, -0.1) is 0 Å². The number of hydrogen-bond acceptors (Lipinski definition) is 5. The van der Waals surface area contributed by atoms with Crippen molar-refractivity contribution in [3.63, 3.8) is 0 Å². The van der Waals surface area contributed by atoms with Crippen molar-refractivity contribution in [1.29, 1.82) is 5.26 Å². The number of carbonyl (C=O) groups is 1. The fourth-order valence-corrected chi connectivity index (χ4v) is 6.73. The zero-order valence-corrected chi connectivity index (χ0v) is 28.7. The van der Waals surface area contributed by atoms with E-state index < -0.39 is 14.4 Å². The van der Waals surface area contributed by atoms with Gasteiger partial charge >= 0.3 is 6.09 Å². The van der Waals surface area contributed by atoms with Gasteiger partial charge in [0.15, 0.2) is 0 Å². The fourth-order valence-electron chi connectivity index (χ4n) is 5.70. The average molecular weight is 617 g/mol. The number of anilines is 2. The van der Waals surface area contributed by atoms with Gasteiger partial charge in [0.25, 0.3) is 0 Å². The lowest BCUT2D eigenvalue weighted by Crippen LogP contribution is -2.44. The molecule has 44 heavy (non-hydrogen) atoms. The van der Waals surface area contributed by atoms with Crippen LogP contribution in [0.25, 0.3) is 0 Å². The van der Waals surface area contributed by atoms with Crippen molar-refractivity contribution >= 4 is 25.8 Å². The summed E-state index contributed by atoms with van der Waals surface area (Å²) in [4.78, 5) is 13.6. The Morgan fingerprint density at radius 2 is 1.80 bits per heavy atom. The van der Waals surface area contributed by atoms with Gasteiger partial charge < -0.3 is 29.1 Å². The van der Waals surface area contributed by atoms with Gasteiger partial charge in [0, 0.05) is 30.5 Å². The van der Waals surface area contributed by atoms with Crippen molar-refractivity contribution < 1.29 is 19.1 Å². The van der Waals surface area contributed by atoms with Gasteiger partial charge in [-0.3, -0.25) is 0 Å². The van der Waals surface area contributed by atoms with E-state index in [0.29, 0.717) is 25.3 Å². The van der Waals surface area contributed by atoms with E-state index in [9.17, 15) is 15.2 Å². The first-order chi connectivity index (χ1) is 20.5. The van der Waals surface area contributed by atoms with E-state index in [4.69, 9.17) is 9.16 Å². The SMILES string of the molecule is Cn1c(C#N)cc(Nc2ccc(O[Si](C)(C)C(C)(C)C)cc2)c1CCCOc1cccc2c1CCN(C(=O)O)C2C(C)(C)C. The summed E-state index contributed by atoms with van der Waals surface area (Å²) in [6.45, 7) is 18.4. The second-order valence-electron chi connectivity index (χ2n) is 14.3. The highest BCUT2D eigenvalue weighted by Gasteiger charge is 2.40. The summed E-state index contributed by atoms with van der Waals surface area (Å²) in [5.41, 5.74) is 5.33. The minimum Gasteiger partial charge on any atom is -0.544 e. The zero-order valence-electron chi connectivity index (χ0n) is 27.7. The molecular weight excluding hydrogens is 568 g/mol. The molecule has 3 aromatic rings. The molecule has 2 heterocycles. The Hall–Kier alpha value is -3.90. The summed E-state index contributed by atoms with van der Waals surface area (Å²) in [6.07, 6.45) is 1.21. The van der Waals surface area contributed by atoms with Gasteiger partial charge in [0.05, 0.1) is 18.3 Å². The Morgan fingerprint density at radius 1 is 1.11 bits per heavy atom. The summed E-state index contributed by atoms with van der Waals surface area (Å²) in [6, 6.07) is 18.0. The highest BCUT2D eigenvalue weighted by Crippen LogP contribution is 2.44. The molecule has 4 rings (SSSR count). The molecule has 2 aromatic carbocycles. The van der Waals surface area contributed by atoms with Crippen LogP contribution in [-0.4, -0.2) is 42.1 Å². The van der Waals surface area contributed by atoms with Crippen molar-refractivity contribution in [1.82, 2.24) is 9.47 Å². The number of ether oxygens (including phenoxy) is 1. The molecule has 236 valence electrons. The van der Waals surface area contributed by atoms with Crippen molar-refractivity contribution in [3.8, 4) is 17.6 Å². The molecule has 8 nitrogen and oxygen atoms in total. The van der Waals surface area contributed by atoms with E-state index in [2.05, 4.69) is 66.0 Å². The number of nitrogens with zero attached hydrogens (tertiary/aromatic N) is 3. The molecule has 0 fully saturated rings. The fraction of sp³-hybridized carbons (Fsp3) is 0.486. The number of rotatable bonds is 9. The molecule has 1 amide bonds. The van der Waals surface area contributed by atoms with Crippen molar-refractivity contribution in [2.75, 3.05) is 18.5 Å². The third kappa shape index (κ3) is 7.07. The standard InChI is InChI=1S/C35H48N4O4Si/c1-34(2,3)32-28-12-10-14-31(27(28)19-20-39(32)33(40)41)42-21-11-13-30-29(22-25(23-36)38(30)7)37-24-15-17-26(18-16-24)43-44(8,9)35(4,5)6/h10,12,14-18,22,32,37H,11,13,19-21H2,1-9H3,(H,40,41). The molecule has 0 spiro atoms. The highest BCUT2D eigenvalue weighted by atomic mass is 28.4. The van der Waals surface area contributed by atoms with Gasteiger partial charge in [-0.05, 0) is 84.8 Å². The first-order valence-electron chi connectivity index (χ1n) is 15.4. The maximum Gasteiger partial charge on any atom is 0.407 e. The summed E-state index contributed by atoms with van der Waals surface area (Å²) < 4.78 is 14.7. The van der Waals surface area contributed by atoms with Crippen LogP contribution in [0, 0.1) is 16.7 Å². The maximum absolute atomic E-state index is 12.0. The second-order valence-corrected chi connectivity index (χ2v) is 19.1. The Balaban J connectivity index is 1.44. The zero-order chi connectivity index (χ0) is 32.4. The van der Waals surface area contributed by atoms with Gasteiger partial charge in [-0.1, -0.05) is 53.7 Å². The minimum absolute atomic E-state index is 0.122. The number of aromatic nitrogens is 1. The topological polar surface area (TPSA) is 99.8 Å². The van der Waals surface area contributed by atoms with Crippen LogP contribution in [-0.2, 0) is 19.9 Å². The lowest BCUT2D eigenvalue weighted by atomic mass is 9.77. The third-order valence-electron chi connectivity index (χ3n) is 9.04. The molecule has 1 unspecified atom stereocenters. The minimum atomic E-state index is -1.92. The monoisotopic (exact) mass is 616 g/mol. The molecular formula is C35H48N4O4Si. The van der Waals surface area contributed by atoms with E-state index in [1.54, 1.807) is 4.90 Å². The summed E-state index contributed by atoms with van der Waals surface area (Å²) in [5.74, 6) is 1.70. The van der Waals surface area contributed by atoms with Gasteiger partial charge in [-0.2, -0.15) is 5.26 Å². The van der Waals surface area contributed by atoms with E-state index in [1.807, 2.05) is 60.1 Å². The lowest BCUT2D eigenvalue weighted by molar-refractivity contribution is 0.0753. The molecule has 0 saturated carbocycles. The van der Waals surface area contributed by atoms with Crippen LogP contribution in [0.4, 0.5) is 16.2 Å². The van der Waals surface area contributed by atoms with E-state index in [0.717, 1.165) is 52.5 Å². The molecule has 0 aliphatic carbocycles. The Kier molecular flexibility index (Phi) is 9.45. The summed E-state index contributed by atoms with van der Waals surface area (Å²) in [5, 5.41) is 23.2. The number of benzene rings is 2. The molecule has 0 saturated heterocycles. The number of carboxylic acid groups (broad SMARTS) is 1. The Morgan fingerprint density at radius 3 is 2.39 bits per heavy atom. The molecule has 2 N–H and O–H groups in total. The molecule has 9 heteroatoms.